The molecule has 6 heteroatoms. The Balaban J connectivity index is 1.20. The van der Waals surface area contributed by atoms with E-state index in [0.717, 1.165) is 38.8 Å². The number of carbonyl (C=O) groups excluding carboxylic acids is 2. The summed E-state index contributed by atoms with van der Waals surface area (Å²) in [5.74, 6) is 1.52. The normalized spacial score (nSPS) is 23.2. The number of nitrogens with zero attached hydrogens (tertiary/aromatic N) is 3. The summed E-state index contributed by atoms with van der Waals surface area (Å²) in [6, 6.07) is 9.28. The molecule has 152 valence electrons. The van der Waals surface area contributed by atoms with E-state index in [1.807, 2.05) is 35.0 Å². The Labute approximate surface area is 171 Å². The maximum atomic E-state index is 12.7. The van der Waals surface area contributed by atoms with Crippen LogP contribution in [-0.2, 0) is 17.8 Å². The number of rotatable bonds is 5. The fourth-order valence-corrected chi connectivity index (χ4v) is 4.98. The Morgan fingerprint density at radius 2 is 1.93 bits per heavy atom. The van der Waals surface area contributed by atoms with Crippen molar-refractivity contribution in [1.29, 1.82) is 0 Å². The van der Waals surface area contributed by atoms with E-state index in [4.69, 9.17) is 5.10 Å². The van der Waals surface area contributed by atoms with E-state index < -0.39 is 0 Å². The fraction of sp³-hybridized carbons (Fsp3) is 0.522. The van der Waals surface area contributed by atoms with E-state index in [1.54, 1.807) is 0 Å². The number of likely N-dealkylation sites (tertiary alicyclic amines) is 1. The van der Waals surface area contributed by atoms with Crippen LogP contribution in [0.25, 0.3) is 0 Å². The van der Waals surface area contributed by atoms with Crippen LogP contribution in [0.2, 0.25) is 0 Å². The lowest BCUT2D eigenvalue weighted by Crippen LogP contribution is -2.37. The monoisotopic (exact) mass is 392 g/mol. The predicted octanol–water partition coefficient (Wildman–Crippen LogP) is 2.60. The quantitative estimate of drug-likeness (QED) is 0.851. The third-order valence-electron chi connectivity index (χ3n) is 6.88. The fourth-order valence-electron chi connectivity index (χ4n) is 4.98. The van der Waals surface area contributed by atoms with Crippen molar-refractivity contribution in [3.05, 3.63) is 53.3 Å². The lowest BCUT2D eigenvalue weighted by molar-refractivity contribution is -0.137. The number of hydrogen-bond acceptors (Lipinski definition) is 3. The van der Waals surface area contributed by atoms with E-state index in [1.165, 1.54) is 17.7 Å². The molecule has 1 saturated heterocycles. The first kappa shape index (κ1) is 18.4. The molecule has 2 aliphatic carbocycles. The predicted molar refractivity (Wildman–Crippen MR) is 109 cm³/mol. The molecule has 2 fully saturated rings. The molecule has 6 nitrogen and oxygen atoms in total. The number of carbonyl (C=O) groups is 2. The zero-order valence-corrected chi connectivity index (χ0v) is 16.7. The molecular weight excluding hydrogens is 364 g/mol. The summed E-state index contributed by atoms with van der Waals surface area (Å²) >= 11 is 0. The SMILES string of the molecule is O=C(NCCn1cc2c(n1)[C@H]1CN(C(=O)C3CCC3)C[C@H]1CC2)c1ccccc1. The van der Waals surface area contributed by atoms with Crippen LogP contribution in [0.5, 0.6) is 0 Å². The van der Waals surface area contributed by atoms with Crippen molar-refractivity contribution < 1.29 is 9.59 Å². The average Bonchev–Trinajstić information content (AvgIpc) is 3.30. The zero-order valence-electron chi connectivity index (χ0n) is 16.7. The van der Waals surface area contributed by atoms with Gasteiger partial charge in [-0.3, -0.25) is 14.3 Å². The van der Waals surface area contributed by atoms with E-state index >= 15 is 0 Å². The van der Waals surface area contributed by atoms with Gasteiger partial charge in [0.1, 0.15) is 0 Å². The highest BCUT2D eigenvalue weighted by Crippen LogP contribution is 2.42. The van der Waals surface area contributed by atoms with E-state index in [9.17, 15) is 9.59 Å². The van der Waals surface area contributed by atoms with E-state index in [2.05, 4.69) is 16.4 Å². The molecule has 1 saturated carbocycles. The molecule has 2 heterocycles. The molecule has 2 amide bonds. The second kappa shape index (κ2) is 7.65. The maximum absolute atomic E-state index is 12.7. The lowest BCUT2D eigenvalue weighted by atomic mass is 9.81. The Morgan fingerprint density at radius 1 is 1.10 bits per heavy atom. The zero-order chi connectivity index (χ0) is 19.8. The van der Waals surface area contributed by atoms with E-state index in [-0.39, 0.29) is 11.8 Å². The number of amides is 2. The van der Waals surface area contributed by atoms with Crippen molar-refractivity contribution >= 4 is 11.8 Å². The maximum Gasteiger partial charge on any atom is 0.251 e. The number of fused-ring (bicyclic) bond motifs is 3. The van der Waals surface area contributed by atoms with Crippen LogP contribution in [0.3, 0.4) is 0 Å². The molecule has 0 radical (unpaired) electrons. The Kier molecular flexibility index (Phi) is 4.86. The summed E-state index contributed by atoms with van der Waals surface area (Å²) in [6.45, 7) is 2.94. The highest BCUT2D eigenvalue weighted by atomic mass is 16.2. The molecule has 3 aliphatic rings. The molecule has 1 N–H and O–H groups in total. The van der Waals surface area contributed by atoms with Crippen molar-refractivity contribution in [2.24, 2.45) is 11.8 Å². The molecule has 1 aliphatic heterocycles. The Hall–Kier alpha value is -2.63. The minimum absolute atomic E-state index is 0.0523. The highest BCUT2D eigenvalue weighted by molar-refractivity contribution is 5.94. The lowest BCUT2D eigenvalue weighted by Gasteiger charge is -2.29. The van der Waals surface area contributed by atoms with Crippen molar-refractivity contribution in [2.45, 2.75) is 44.6 Å². The van der Waals surface area contributed by atoms with Gasteiger partial charge in [-0.15, -0.1) is 0 Å². The van der Waals surface area contributed by atoms with Crippen molar-refractivity contribution in [3.63, 3.8) is 0 Å². The third-order valence-corrected chi connectivity index (χ3v) is 6.88. The minimum atomic E-state index is -0.0523. The van der Waals surface area contributed by atoms with Gasteiger partial charge in [0.05, 0.1) is 12.2 Å². The largest absolute Gasteiger partial charge is 0.350 e. The summed E-state index contributed by atoms with van der Waals surface area (Å²) < 4.78 is 1.97. The third kappa shape index (κ3) is 3.56. The van der Waals surface area contributed by atoms with Gasteiger partial charge in [0.15, 0.2) is 0 Å². The second-order valence-electron chi connectivity index (χ2n) is 8.70. The van der Waals surface area contributed by atoms with Crippen LogP contribution in [0.4, 0.5) is 0 Å². The molecule has 1 aromatic heterocycles. The number of benzene rings is 1. The van der Waals surface area contributed by atoms with Crippen molar-refractivity contribution in [2.75, 3.05) is 19.6 Å². The summed E-state index contributed by atoms with van der Waals surface area (Å²) in [5.41, 5.74) is 3.18. The van der Waals surface area contributed by atoms with Crippen molar-refractivity contribution in [1.82, 2.24) is 20.0 Å². The molecule has 0 spiro atoms. The topological polar surface area (TPSA) is 67.2 Å². The Bertz CT molecular complexity index is 903. The molecular formula is C23H28N4O2. The van der Waals surface area contributed by atoms with Gasteiger partial charge in [-0.2, -0.15) is 5.10 Å². The second-order valence-corrected chi connectivity index (χ2v) is 8.70. The van der Waals surface area contributed by atoms with Gasteiger partial charge in [-0.25, -0.2) is 0 Å². The molecule has 1 aromatic carbocycles. The van der Waals surface area contributed by atoms with E-state index in [0.29, 0.717) is 36.4 Å². The molecule has 29 heavy (non-hydrogen) atoms. The molecule has 0 unspecified atom stereocenters. The number of nitrogens with one attached hydrogen (secondary N) is 1. The summed E-state index contributed by atoms with van der Waals surface area (Å²) in [5, 5.41) is 7.83. The van der Waals surface area contributed by atoms with Gasteiger partial charge >= 0.3 is 0 Å². The van der Waals surface area contributed by atoms with Crippen LogP contribution in [0, 0.1) is 11.8 Å². The van der Waals surface area contributed by atoms with Crippen LogP contribution >= 0.6 is 0 Å². The van der Waals surface area contributed by atoms with Gasteiger partial charge < -0.3 is 10.2 Å². The minimum Gasteiger partial charge on any atom is -0.350 e. The van der Waals surface area contributed by atoms with Gasteiger partial charge in [0, 0.05) is 43.2 Å². The van der Waals surface area contributed by atoms with Crippen LogP contribution in [-0.4, -0.2) is 46.1 Å². The smallest absolute Gasteiger partial charge is 0.251 e. The molecule has 2 atom stereocenters. The number of aryl methyl sites for hydroxylation is 1. The first-order valence-electron chi connectivity index (χ1n) is 10.9. The van der Waals surface area contributed by atoms with Gasteiger partial charge in [0.2, 0.25) is 5.91 Å². The van der Waals surface area contributed by atoms with Crippen LogP contribution in [0.1, 0.15) is 53.2 Å². The molecule has 2 aromatic rings. The van der Waals surface area contributed by atoms with Gasteiger partial charge in [0.25, 0.3) is 5.91 Å². The van der Waals surface area contributed by atoms with Gasteiger partial charge in [-0.05, 0) is 49.3 Å². The standard InChI is InChI=1S/C23H28N4O2/c28-22(16-5-2-1-3-6-16)24-11-12-27-14-19-10-9-18-13-26(15-20(18)21(19)25-27)23(29)17-7-4-8-17/h1-3,5-6,14,17-18,20H,4,7-13,15H2,(H,24,28)/t18-,20+/m1/s1. The van der Waals surface area contributed by atoms with Crippen LogP contribution in [0.15, 0.2) is 36.5 Å². The Morgan fingerprint density at radius 3 is 2.69 bits per heavy atom. The first-order chi connectivity index (χ1) is 14.2. The summed E-state index contributed by atoms with van der Waals surface area (Å²) in [6.07, 6.45) is 7.66. The number of hydrogen-bond donors (Lipinski definition) is 1. The summed E-state index contributed by atoms with van der Waals surface area (Å²) in [7, 11) is 0. The average molecular weight is 393 g/mol. The molecule has 0 bridgehead atoms. The van der Waals surface area contributed by atoms with Gasteiger partial charge in [-0.1, -0.05) is 24.6 Å². The number of aromatic nitrogens is 2. The highest BCUT2D eigenvalue weighted by Gasteiger charge is 2.43. The van der Waals surface area contributed by atoms with Crippen molar-refractivity contribution in [3.8, 4) is 0 Å². The summed E-state index contributed by atoms with van der Waals surface area (Å²) in [4.78, 5) is 27.0. The first-order valence-corrected chi connectivity index (χ1v) is 10.9. The van der Waals surface area contributed by atoms with Crippen LogP contribution < -0.4 is 5.32 Å². The molecule has 5 rings (SSSR count).